The summed E-state index contributed by atoms with van der Waals surface area (Å²) in [6, 6.07) is 5.45. The van der Waals surface area contributed by atoms with Gasteiger partial charge in [0, 0.05) is 11.6 Å². The number of ether oxygens (including phenoxy) is 1. The second-order valence-corrected chi connectivity index (χ2v) is 4.67. The van der Waals surface area contributed by atoms with Crippen LogP contribution in [0.3, 0.4) is 0 Å². The maximum atomic E-state index is 10.6. The van der Waals surface area contributed by atoms with Gasteiger partial charge in [-0.2, -0.15) is 0 Å². The molecule has 1 aromatic carbocycles. The van der Waals surface area contributed by atoms with Crippen LogP contribution < -0.4 is 5.73 Å². The highest BCUT2D eigenvalue weighted by atomic mass is 35.5. The number of carbonyl (C=O) groups excluding carboxylic acids is 1. The minimum atomic E-state index is -0.490. The molecular weight excluding hydrogens is 289 g/mol. The van der Waals surface area contributed by atoms with Gasteiger partial charge in [-0.15, -0.1) is 11.6 Å². The Morgan fingerprint density at radius 1 is 1.47 bits per heavy atom. The quantitative estimate of drug-likeness (QED) is 0.655. The Bertz CT molecular complexity index is 598. The van der Waals surface area contributed by atoms with E-state index in [1.54, 1.807) is 6.07 Å². The first-order valence-corrected chi connectivity index (χ1v) is 6.59. The first-order valence-electron chi connectivity index (χ1n) is 5.68. The Morgan fingerprint density at radius 3 is 2.95 bits per heavy atom. The fourth-order valence-electron chi connectivity index (χ4n) is 1.83. The fourth-order valence-corrected chi connectivity index (χ4v) is 2.20. The molecule has 0 aliphatic carbocycles. The number of nitrogens with two attached hydrogens (primary N) is 1. The van der Waals surface area contributed by atoms with Crippen molar-refractivity contribution in [1.29, 1.82) is 0 Å². The summed E-state index contributed by atoms with van der Waals surface area (Å²) in [7, 11) is 0. The van der Waals surface area contributed by atoms with Gasteiger partial charge in [0.05, 0.1) is 23.5 Å². The summed E-state index contributed by atoms with van der Waals surface area (Å²) in [6.07, 6.45) is 0. The largest absolute Gasteiger partial charge is 0.370 e. The minimum absolute atomic E-state index is 0.0937. The molecule has 2 rings (SSSR count). The summed E-state index contributed by atoms with van der Waals surface area (Å²) in [5.41, 5.74) is 6.72. The molecule has 0 fully saturated rings. The first-order chi connectivity index (χ1) is 9.11. The number of amides is 1. The van der Waals surface area contributed by atoms with Crippen LogP contribution in [0.2, 0.25) is 5.02 Å². The number of primary amides is 1. The third-order valence-corrected chi connectivity index (χ3v) is 3.09. The van der Waals surface area contributed by atoms with Crippen molar-refractivity contribution >= 4 is 40.1 Å². The molecule has 0 aliphatic rings. The Kier molecular flexibility index (Phi) is 4.63. The number of aromatic nitrogens is 2. The summed E-state index contributed by atoms with van der Waals surface area (Å²) in [5.74, 6) is 0.542. The van der Waals surface area contributed by atoms with E-state index in [-0.39, 0.29) is 6.61 Å². The van der Waals surface area contributed by atoms with E-state index in [4.69, 9.17) is 33.7 Å². The lowest BCUT2D eigenvalue weighted by molar-refractivity contribution is -0.122. The number of imidazole rings is 1. The zero-order valence-electron chi connectivity index (χ0n) is 10.1. The fraction of sp³-hybridized carbons (Fsp3) is 0.333. The molecule has 0 aliphatic heterocycles. The molecular formula is C12H13Cl2N3O2. The van der Waals surface area contributed by atoms with Crippen molar-refractivity contribution in [3.05, 3.63) is 29.0 Å². The molecule has 1 amide bonds. The Labute approximate surface area is 120 Å². The third kappa shape index (κ3) is 3.37. The summed E-state index contributed by atoms with van der Waals surface area (Å²) in [6.45, 7) is 0.792. The molecule has 5 nitrogen and oxygen atoms in total. The molecule has 2 aromatic rings. The number of benzene rings is 1. The molecule has 19 heavy (non-hydrogen) atoms. The highest BCUT2D eigenvalue weighted by Crippen LogP contribution is 2.21. The maximum absolute atomic E-state index is 10.6. The van der Waals surface area contributed by atoms with Crippen LogP contribution >= 0.6 is 23.2 Å². The number of hydrogen-bond donors (Lipinski definition) is 1. The second kappa shape index (κ2) is 6.23. The number of halogens is 2. The molecule has 1 aromatic heterocycles. The molecule has 0 radical (unpaired) electrons. The van der Waals surface area contributed by atoms with E-state index in [2.05, 4.69) is 4.98 Å². The lowest BCUT2D eigenvalue weighted by atomic mass is 10.3. The average molecular weight is 302 g/mol. The van der Waals surface area contributed by atoms with Crippen LogP contribution in [0.1, 0.15) is 5.82 Å². The van der Waals surface area contributed by atoms with Gasteiger partial charge in [0.15, 0.2) is 0 Å². The van der Waals surface area contributed by atoms with Gasteiger partial charge in [0.2, 0.25) is 5.91 Å². The number of carbonyl (C=O) groups is 1. The van der Waals surface area contributed by atoms with Crippen LogP contribution in [0.25, 0.3) is 11.0 Å². The van der Waals surface area contributed by atoms with Crippen molar-refractivity contribution in [2.24, 2.45) is 5.73 Å². The summed E-state index contributed by atoms with van der Waals surface area (Å²) >= 11 is 11.9. The molecule has 1 heterocycles. The predicted octanol–water partition coefficient (Wildman–Crippen LogP) is 1.93. The van der Waals surface area contributed by atoms with Crippen LogP contribution in [-0.4, -0.2) is 28.7 Å². The van der Waals surface area contributed by atoms with Crippen molar-refractivity contribution in [2.75, 3.05) is 13.2 Å². The lowest BCUT2D eigenvalue weighted by Crippen LogP contribution is -2.20. The highest BCUT2D eigenvalue weighted by molar-refractivity contribution is 6.31. The molecule has 2 N–H and O–H groups in total. The van der Waals surface area contributed by atoms with Crippen molar-refractivity contribution in [1.82, 2.24) is 9.55 Å². The van der Waals surface area contributed by atoms with Crippen molar-refractivity contribution in [3.63, 3.8) is 0 Å². The molecule has 0 spiro atoms. The van der Waals surface area contributed by atoms with Crippen molar-refractivity contribution in [2.45, 2.75) is 12.4 Å². The normalized spacial score (nSPS) is 11.1. The van der Waals surface area contributed by atoms with E-state index in [1.807, 2.05) is 16.7 Å². The Hall–Kier alpha value is -1.30. The average Bonchev–Trinajstić information content (AvgIpc) is 2.72. The lowest BCUT2D eigenvalue weighted by Gasteiger charge is -2.07. The van der Waals surface area contributed by atoms with Crippen LogP contribution in [0.4, 0.5) is 0 Å². The van der Waals surface area contributed by atoms with Crippen molar-refractivity contribution < 1.29 is 9.53 Å². The Morgan fingerprint density at radius 2 is 2.26 bits per heavy atom. The number of hydrogen-bond acceptors (Lipinski definition) is 3. The van der Waals surface area contributed by atoms with Crippen LogP contribution in [-0.2, 0) is 22.0 Å². The van der Waals surface area contributed by atoms with E-state index in [9.17, 15) is 4.79 Å². The van der Waals surface area contributed by atoms with E-state index in [0.29, 0.717) is 24.1 Å². The molecule has 0 bridgehead atoms. The standard InChI is InChI=1S/C12H13Cl2N3O2/c13-6-12-16-9-2-1-8(14)5-10(9)17(12)3-4-19-7-11(15)18/h1-2,5H,3-4,6-7H2,(H2,15,18). The van der Waals surface area contributed by atoms with Gasteiger partial charge in [-0.25, -0.2) is 4.98 Å². The molecule has 0 unspecified atom stereocenters. The summed E-state index contributed by atoms with van der Waals surface area (Å²) < 4.78 is 7.07. The van der Waals surface area contributed by atoms with E-state index < -0.39 is 5.91 Å². The van der Waals surface area contributed by atoms with Crippen LogP contribution in [0.15, 0.2) is 18.2 Å². The molecule has 102 valence electrons. The van der Waals surface area contributed by atoms with E-state index >= 15 is 0 Å². The molecule has 0 saturated heterocycles. The van der Waals surface area contributed by atoms with Gasteiger partial charge in [0.1, 0.15) is 12.4 Å². The maximum Gasteiger partial charge on any atom is 0.243 e. The summed E-state index contributed by atoms with van der Waals surface area (Å²) in [5, 5.41) is 0.632. The molecule has 0 saturated carbocycles. The van der Waals surface area contributed by atoms with Crippen LogP contribution in [0, 0.1) is 0 Å². The van der Waals surface area contributed by atoms with Gasteiger partial charge in [-0.05, 0) is 18.2 Å². The number of alkyl halides is 1. The van der Waals surface area contributed by atoms with E-state index in [1.165, 1.54) is 0 Å². The smallest absolute Gasteiger partial charge is 0.243 e. The summed E-state index contributed by atoms with van der Waals surface area (Å²) in [4.78, 5) is 15.0. The second-order valence-electron chi connectivity index (χ2n) is 3.97. The Balaban J connectivity index is 2.19. The van der Waals surface area contributed by atoms with Gasteiger partial charge in [-0.3, -0.25) is 4.79 Å². The zero-order valence-corrected chi connectivity index (χ0v) is 11.6. The first kappa shape index (κ1) is 14.1. The number of fused-ring (bicyclic) bond motifs is 1. The molecule has 0 atom stereocenters. The number of rotatable bonds is 6. The van der Waals surface area contributed by atoms with Gasteiger partial charge in [-0.1, -0.05) is 11.6 Å². The van der Waals surface area contributed by atoms with Gasteiger partial charge >= 0.3 is 0 Å². The SMILES string of the molecule is NC(=O)COCCn1c(CCl)nc2ccc(Cl)cc21. The topological polar surface area (TPSA) is 70.1 Å². The third-order valence-electron chi connectivity index (χ3n) is 2.61. The highest BCUT2D eigenvalue weighted by Gasteiger charge is 2.10. The predicted molar refractivity (Wildman–Crippen MR) is 74.3 cm³/mol. The van der Waals surface area contributed by atoms with E-state index in [0.717, 1.165) is 16.9 Å². The van der Waals surface area contributed by atoms with Crippen LogP contribution in [0.5, 0.6) is 0 Å². The minimum Gasteiger partial charge on any atom is -0.370 e. The zero-order chi connectivity index (χ0) is 13.8. The van der Waals surface area contributed by atoms with Crippen molar-refractivity contribution in [3.8, 4) is 0 Å². The monoisotopic (exact) mass is 301 g/mol. The van der Waals surface area contributed by atoms with Gasteiger partial charge in [0.25, 0.3) is 0 Å². The number of nitrogens with zero attached hydrogens (tertiary/aromatic N) is 2. The van der Waals surface area contributed by atoms with Gasteiger partial charge < -0.3 is 15.0 Å². The molecule has 7 heteroatoms.